The van der Waals surface area contributed by atoms with Crippen molar-refractivity contribution in [1.29, 1.82) is 0 Å². The summed E-state index contributed by atoms with van der Waals surface area (Å²) in [5.41, 5.74) is 4.20. The largest absolute Gasteiger partial charge is 0.379 e. The molecule has 2 heterocycles. The van der Waals surface area contributed by atoms with Gasteiger partial charge in [0.25, 0.3) is 5.56 Å². The fourth-order valence-corrected chi connectivity index (χ4v) is 4.34. The summed E-state index contributed by atoms with van der Waals surface area (Å²) in [7, 11) is 0. The van der Waals surface area contributed by atoms with Crippen LogP contribution in [0.3, 0.4) is 0 Å². The highest BCUT2D eigenvalue weighted by atomic mass is 16.5. The van der Waals surface area contributed by atoms with E-state index in [-0.39, 0.29) is 18.1 Å². The Kier molecular flexibility index (Phi) is 7.42. The summed E-state index contributed by atoms with van der Waals surface area (Å²) in [6, 6.07) is 15.2. The smallest absolute Gasteiger partial charge is 0.322 e. The molecule has 7 heteroatoms. The van der Waals surface area contributed by atoms with Crippen LogP contribution in [0.4, 0.5) is 10.5 Å². The molecule has 0 spiro atoms. The molecule has 0 atom stereocenters. The molecule has 0 radical (unpaired) electrons. The van der Waals surface area contributed by atoms with Crippen LogP contribution in [0.25, 0.3) is 10.9 Å². The molecule has 1 fully saturated rings. The number of hydrogen-bond acceptors (Lipinski definition) is 4. The number of aromatic nitrogens is 1. The lowest BCUT2D eigenvalue weighted by molar-refractivity contribution is 0.0365. The molecule has 3 aromatic rings. The standard InChI is InChI=1S/C26H32N4O3/c1-19-15-20(2)24-21(16-19)17-22(25(31)28-24)18-30(10-6-9-29-11-13-33-14-12-29)26(32)27-23-7-4-3-5-8-23/h3-5,7-8,15-17H,6,9-14,18H2,1-2H3,(H,27,32)(H,28,31). The number of fused-ring (bicyclic) bond motifs is 1. The number of nitrogens with zero attached hydrogens (tertiary/aromatic N) is 2. The van der Waals surface area contributed by atoms with Crippen LogP contribution in [0, 0.1) is 13.8 Å². The lowest BCUT2D eigenvalue weighted by Gasteiger charge is -2.28. The van der Waals surface area contributed by atoms with E-state index in [1.807, 2.05) is 50.2 Å². The molecule has 0 saturated carbocycles. The van der Waals surface area contributed by atoms with Gasteiger partial charge in [0.05, 0.1) is 25.3 Å². The van der Waals surface area contributed by atoms with E-state index < -0.39 is 0 Å². The van der Waals surface area contributed by atoms with Gasteiger partial charge in [0.1, 0.15) is 0 Å². The molecule has 1 aliphatic heterocycles. The number of hydrogen-bond donors (Lipinski definition) is 2. The number of anilines is 1. The number of morpholine rings is 1. The number of urea groups is 1. The van der Waals surface area contributed by atoms with E-state index >= 15 is 0 Å². The summed E-state index contributed by atoms with van der Waals surface area (Å²) in [5.74, 6) is 0. The first-order chi connectivity index (χ1) is 16.0. The zero-order chi connectivity index (χ0) is 23.2. The average molecular weight is 449 g/mol. The minimum atomic E-state index is -0.205. The minimum absolute atomic E-state index is 0.153. The van der Waals surface area contributed by atoms with Gasteiger partial charge < -0.3 is 19.9 Å². The van der Waals surface area contributed by atoms with Crippen LogP contribution in [-0.4, -0.2) is 60.2 Å². The van der Waals surface area contributed by atoms with Gasteiger partial charge in [-0.3, -0.25) is 9.69 Å². The van der Waals surface area contributed by atoms with E-state index in [4.69, 9.17) is 4.74 Å². The molecule has 1 saturated heterocycles. The monoisotopic (exact) mass is 448 g/mol. The zero-order valence-corrected chi connectivity index (χ0v) is 19.4. The van der Waals surface area contributed by atoms with Crippen molar-refractivity contribution in [2.24, 2.45) is 0 Å². The predicted molar refractivity (Wildman–Crippen MR) is 132 cm³/mol. The fraction of sp³-hybridized carbons (Fsp3) is 0.385. The van der Waals surface area contributed by atoms with E-state index in [0.29, 0.717) is 12.1 Å². The SMILES string of the molecule is Cc1cc(C)c2[nH]c(=O)c(CN(CCCN3CCOCC3)C(=O)Nc3ccccc3)cc2c1. The number of nitrogens with one attached hydrogen (secondary N) is 2. The van der Waals surface area contributed by atoms with Gasteiger partial charge in [-0.15, -0.1) is 0 Å². The maximum Gasteiger partial charge on any atom is 0.322 e. The Bertz CT molecular complexity index is 1150. The van der Waals surface area contributed by atoms with Crippen LogP contribution < -0.4 is 10.9 Å². The molecule has 0 aliphatic carbocycles. The van der Waals surface area contributed by atoms with Crippen molar-refractivity contribution in [3.05, 3.63) is 75.6 Å². The molecule has 174 valence electrons. The Balaban J connectivity index is 1.53. The first-order valence-corrected chi connectivity index (χ1v) is 11.5. The Morgan fingerprint density at radius 3 is 2.64 bits per heavy atom. The van der Waals surface area contributed by atoms with Gasteiger partial charge in [-0.25, -0.2) is 4.79 Å². The lowest BCUT2D eigenvalue weighted by Crippen LogP contribution is -2.40. The number of ether oxygens (including phenoxy) is 1. The first kappa shape index (κ1) is 23.0. The fourth-order valence-electron chi connectivity index (χ4n) is 4.34. The van der Waals surface area contributed by atoms with E-state index in [9.17, 15) is 9.59 Å². The summed E-state index contributed by atoms with van der Waals surface area (Å²) < 4.78 is 5.42. The molecule has 1 aromatic heterocycles. The van der Waals surface area contributed by atoms with Crippen molar-refractivity contribution in [3.8, 4) is 0 Å². The van der Waals surface area contributed by atoms with Gasteiger partial charge in [-0.05, 0) is 55.5 Å². The van der Waals surface area contributed by atoms with Crippen LogP contribution in [0.1, 0.15) is 23.1 Å². The average Bonchev–Trinajstić information content (AvgIpc) is 2.80. The highest BCUT2D eigenvalue weighted by Gasteiger charge is 2.18. The van der Waals surface area contributed by atoms with Crippen molar-refractivity contribution in [2.45, 2.75) is 26.8 Å². The Hall–Kier alpha value is -3.16. The number of carbonyl (C=O) groups excluding carboxylic acids is 1. The topological polar surface area (TPSA) is 77.7 Å². The van der Waals surface area contributed by atoms with E-state index in [1.54, 1.807) is 4.90 Å². The minimum Gasteiger partial charge on any atom is -0.379 e. The van der Waals surface area contributed by atoms with E-state index in [2.05, 4.69) is 27.3 Å². The van der Waals surface area contributed by atoms with Crippen LogP contribution in [0.5, 0.6) is 0 Å². The maximum atomic E-state index is 13.2. The molecule has 2 amide bonds. The third-order valence-electron chi connectivity index (χ3n) is 6.05. The van der Waals surface area contributed by atoms with Gasteiger partial charge in [-0.1, -0.05) is 29.8 Å². The van der Waals surface area contributed by atoms with Crippen LogP contribution >= 0.6 is 0 Å². The number of carbonyl (C=O) groups is 1. The van der Waals surface area contributed by atoms with Crippen molar-refractivity contribution >= 4 is 22.6 Å². The predicted octanol–water partition coefficient (Wildman–Crippen LogP) is 3.90. The van der Waals surface area contributed by atoms with Crippen molar-refractivity contribution < 1.29 is 9.53 Å². The Morgan fingerprint density at radius 1 is 1.12 bits per heavy atom. The summed E-state index contributed by atoms with van der Waals surface area (Å²) in [6.45, 7) is 9.08. The van der Waals surface area contributed by atoms with Gasteiger partial charge in [0, 0.05) is 37.4 Å². The maximum absolute atomic E-state index is 13.2. The van der Waals surface area contributed by atoms with E-state index in [1.165, 1.54) is 0 Å². The summed E-state index contributed by atoms with van der Waals surface area (Å²) in [6.07, 6.45) is 0.825. The number of H-pyrrole nitrogens is 1. The molecule has 2 N–H and O–H groups in total. The lowest BCUT2D eigenvalue weighted by atomic mass is 10.1. The van der Waals surface area contributed by atoms with Crippen LogP contribution in [0.15, 0.2) is 53.3 Å². The van der Waals surface area contributed by atoms with Crippen molar-refractivity contribution in [3.63, 3.8) is 0 Å². The third kappa shape index (κ3) is 6.00. The van der Waals surface area contributed by atoms with Crippen LogP contribution in [-0.2, 0) is 11.3 Å². The second kappa shape index (κ2) is 10.6. The molecule has 0 unspecified atom stereocenters. The highest BCUT2D eigenvalue weighted by Crippen LogP contribution is 2.19. The van der Waals surface area contributed by atoms with Crippen molar-refractivity contribution in [2.75, 3.05) is 44.7 Å². The molecular formula is C26H32N4O3. The summed E-state index contributed by atoms with van der Waals surface area (Å²) >= 11 is 0. The Morgan fingerprint density at radius 2 is 1.88 bits per heavy atom. The second-order valence-electron chi connectivity index (χ2n) is 8.70. The van der Waals surface area contributed by atoms with Gasteiger partial charge >= 0.3 is 6.03 Å². The molecule has 33 heavy (non-hydrogen) atoms. The number of amides is 2. The molecule has 1 aliphatic rings. The van der Waals surface area contributed by atoms with Gasteiger partial charge in [-0.2, -0.15) is 0 Å². The first-order valence-electron chi connectivity index (χ1n) is 11.5. The van der Waals surface area contributed by atoms with E-state index in [0.717, 1.165) is 67.0 Å². The molecule has 2 aromatic carbocycles. The highest BCUT2D eigenvalue weighted by molar-refractivity contribution is 5.89. The zero-order valence-electron chi connectivity index (χ0n) is 19.4. The van der Waals surface area contributed by atoms with Crippen LogP contribution in [0.2, 0.25) is 0 Å². The number of aromatic amines is 1. The third-order valence-corrected chi connectivity index (χ3v) is 6.05. The summed E-state index contributed by atoms with van der Waals surface area (Å²) in [4.78, 5) is 33.1. The number of pyridine rings is 1. The quantitative estimate of drug-likeness (QED) is 0.575. The molecule has 0 bridgehead atoms. The Labute approximate surface area is 194 Å². The van der Waals surface area contributed by atoms with Gasteiger partial charge in [0.15, 0.2) is 0 Å². The van der Waals surface area contributed by atoms with Crippen molar-refractivity contribution in [1.82, 2.24) is 14.8 Å². The molecule has 7 nitrogen and oxygen atoms in total. The molecule has 4 rings (SSSR count). The molecular weight excluding hydrogens is 416 g/mol. The second-order valence-corrected chi connectivity index (χ2v) is 8.70. The number of aryl methyl sites for hydroxylation is 2. The normalized spacial score (nSPS) is 14.4. The number of para-hydroxylation sites is 1. The summed E-state index contributed by atoms with van der Waals surface area (Å²) in [5, 5.41) is 3.95. The van der Waals surface area contributed by atoms with Gasteiger partial charge in [0.2, 0.25) is 0 Å². The number of rotatable bonds is 7. The number of benzene rings is 2.